The maximum atomic E-state index is 12.7. The quantitative estimate of drug-likeness (QED) is 0.0158. The Morgan fingerprint density at radius 1 is 0.569 bits per heavy atom. The van der Waals surface area contributed by atoms with Crippen LogP contribution >= 0.6 is 7.82 Å². The summed E-state index contributed by atoms with van der Waals surface area (Å²) in [4.78, 5) is 23.0. The zero-order valence-corrected chi connectivity index (χ0v) is 35.9. The minimum absolute atomic E-state index is 0.102. The van der Waals surface area contributed by atoms with Crippen LogP contribution in [0.5, 0.6) is 0 Å². The van der Waals surface area contributed by atoms with E-state index in [9.17, 15) is 39.8 Å². The SMILES string of the molecule is CC/C=C\C/C=C\C/C=C\C/C=C\C/C=C\C/C=C\C/C=C\CCCC(=O)OC(COCCCCCCCCCC)COP(=O)(O)OC1C(O)C(O)C(O)C(O)C1O. The van der Waals surface area contributed by atoms with E-state index >= 15 is 0 Å². The van der Waals surface area contributed by atoms with E-state index in [-0.39, 0.29) is 13.0 Å². The highest BCUT2D eigenvalue weighted by Crippen LogP contribution is 2.47. The molecule has 58 heavy (non-hydrogen) atoms. The maximum Gasteiger partial charge on any atom is 0.472 e. The Morgan fingerprint density at radius 2 is 1.00 bits per heavy atom. The molecular formula is C45H75O12P. The molecule has 0 bridgehead atoms. The van der Waals surface area contributed by atoms with Gasteiger partial charge in [0, 0.05) is 13.0 Å². The molecule has 6 N–H and O–H groups in total. The molecule has 0 aliphatic heterocycles. The van der Waals surface area contributed by atoms with Gasteiger partial charge in [-0.15, -0.1) is 0 Å². The molecule has 0 amide bonds. The summed E-state index contributed by atoms with van der Waals surface area (Å²) in [5.41, 5.74) is 0. The van der Waals surface area contributed by atoms with E-state index in [1.54, 1.807) is 0 Å². The second-order valence-corrected chi connectivity index (χ2v) is 15.9. The van der Waals surface area contributed by atoms with E-state index in [2.05, 4.69) is 86.8 Å². The third kappa shape index (κ3) is 27.3. The zero-order valence-electron chi connectivity index (χ0n) is 35.1. The number of aliphatic hydroxyl groups excluding tert-OH is 5. The second-order valence-electron chi connectivity index (χ2n) is 14.5. The highest BCUT2D eigenvalue weighted by Gasteiger charge is 2.51. The Labute approximate surface area is 348 Å². The van der Waals surface area contributed by atoms with Crippen molar-refractivity contribution in [1.82, 2.24) is 0 Å². The third-order valence-electron chi connectivity index (χ3n) is 9.28. The van der Waals surface area contributed by atoms with Crippen LogP contribution in [-0.4, -0.2) is 98.9 Å². The van der Waals surface area contributed by atoms with E-state index in [1.807, 2.05) is 12.2 Å². The third-order valence-corrected chi connectivity index (χ3v) is 10.3. The first-order valence-corrected chi connectivity index (χ1v) is 22.9. The average molecular weight is 839 g/mol. The van der Waals surface area contributed by atoms with Crippen LogP contribution < -0.4 is 0 Å². The minimum Gasteiger partial charge on any atom is -0.457 e. The summed E-state index contributed by atoms with van der Waals surface area (Å²) >= 11 is 0. The van der Waals surface area contributed by atoms with Gasteiger partial charge in [0.25, 0.3) is 0 Å². The van der Waals surface area contributed by atoms with Gasteiger partial charge in [-0.05, 0) is 64.2 Å². The van der Waals surface area contributed by atoms with Gasteiger partial charge in [0.2, 0.25) is 0 Å². The van der Waals surface area contributed by atoms with Gasteiger partial charge in [-0.1, -0.05) is 144 Å². The van der Waals surface area contributed by atoms with Crippen molar-refractivity contribution in [2.45, 2.75) is 172 Å². The molecule has 0 aromatic heterocycles. The number of carbonyl (C=O) groups excluding carboxylic acids is 1. The molecule has 0 aromatic rings. The van der Waals surface area contributed by atoms with Crippen LogP contribution in [0.1, 0.15) is 129 Å². The Balaban J connectivity index is 2.42. The van der Waals surface area contributed by atoms with Gasteiger partial charge >= 0.3 is 13.8 Å². The lowest BCUT2D eigenvalue weighted by atomic mass is 9.85. The number of phosphoric acid groups is 1. The van der Waals surface area contributed by atoms with Gasteiger partial charge in [0.05, 0.1) is 13.2 Å². The molecule has 1 rings (SSSR count). The van der Waals surface area contributed by atoms with Crippen LogP contribution in [0.25, 0.3) is 0 Å². The standard InChI is InChI=1S/C45H75O12P/c1-3-5-7-9-11-13-14-15-16-17-18-19-20-21-22-23-24-25-26-27-28-30-32-34-39(46)56-38(36-54-35-33-31-29-12-10-8-6-4-2)37-55-58(52,53)57-45-43(50)41(48)40(47)42(49)44(45)51/h5,7,11,13,15-16,18-19,21-22,24-25,27-28,38,40-45,47-51H,3-4,6,8-10,12,14,17,20,23,26,29-37H2,1-2H3,(H,52,53)/b7-5-,13-11-,16-15-,19-18-,22-21-,25-24-,28-27-. The van der Waals surface area contributed by atoms with Crippen LogP contribution in [-0.2, 0) is 27.9 Å². The van der Waals surface area contributed by atoms with Crippen molar-refractivity contribution in [2.24, 2.45) is 0 Å². The summed E-state index contributed by atoms with van der Waals surface area (Å²) in [5.74, 6) is -0.540. The lowest BCUT2D eigenvalue weighted by Gasteiger charge is -2.41. The monoisotopic (exact) mass is 838 g/mol. The highest BCUT2D eigenvalue weighted by molar-refractivity contribution is 7.47. The smallest absolute Gasteiger partial charge is 0.457 e. The predicted octanol–water partition coefficient (Wildman–Crippen LogP) is 8.19. The number of unbranched alkanes of at least 4 members (excludes halogenated alkanes) is 8. The lowest BCUT2D eigenvalue weighted by Crippen LogP contribution is -2.64. The zero-order chi connectivity index (χ0) is 42.7. The Bertz CT molecular complexity index is 1280. The van der Waals surface area contributed by atoms with E-state index in [0.29, 0.717) is 19.4 Å². The molecule has 6 unspecified atom stereocenters. The number of rotatable bonds is 34. The van der Waals surface area contributed by atoms with Crippen LogP contribution in [0, 0.1) is 0 Å². The van der Waals surface area contributed by atoms with Crippen molar-refractivity contribution in [3.8, 4) is 0 Å². The van der Waals surface area contributed by atoms with Gasteiger partial charge in [-0.2, -0.15) is 0 Å². The van der Waals surface area contributed by atoms with Gasteiger partial charge in [0.1, 0.15) is 42.7 Å². The molecule has 0 spiro atoms. The fourth-order valence-electron chi connectivity index (χ4n) is 5.87. The minimum atomic E-state index is -5.03. The fourth-order valence-corrected chi connectivity index (χ4v) is 6.84. The van der Waals surface area contributed by atoms with Crippen molar-refractivity contribution in [2.75, 3.05) is 19.8 Å². The van der Waals surface area contributed by atoms with E-state index in [4.69, 9.17) is 18.5 Å². The molecular weight excluding hydrogens is 763 g/mol. The molecule has 0 radical (unpaired) electrons. The lowest BCUT2D eigenvalue weighted by molar-refractivity contribution is -0.220. The van der Waals surface area contributed by atoms with Crippen molar-refractivity contribution < 1.29 is 58.3 Å². The molecule has 12 nitrogen and oxygen atoms in total. The summed E-state index contributed by atoms with van der Waals surface area (Å²) in [6.07, 6.45) is 34.0. The molecule has 1 aliphatic rings. The Hall–Kier alpha value is -2.48. The first kappa shape index (κ1) is 53.5. The average Bonchev–Trinajstić information content (AvgIpc) is 3.21. The van der Waals surface area contributed by atoms with Crippen LogP contribution in [0.2, 0.25) is 0 Å². The first-order chi connectivity index (χ1) is 28.0. The van der Waals surface area contributed by atoms with E-state index < -0.39 is 63.1 Å². The number of allylic oxidation sites excluding steroid dienone is 14. The normalized spacial score (nSPS) is 23.5. The van der Waals surface area contributed by atoms with Crippen molar-refractivity contribution >= 4 is 13.8 Å². The Morgan fingerprint density at radius 3 is 1.48 bits per heavy atom. The summed E-state index contributed by atoms with van der Waals surface area (Å²) in [7, 11) is -5.03. The molecule has 0 saturated heterocycles. The van der Waals surface area contributed by atoms with Crippen molar-refractivity contribution in [3.05, 3.63) is 85.1 Å². The number of phosphoric ester groups is 1. The van der Waals surface area contributed by atoms with Gasteiger partial charge < -0.3 is 39.9 Å². The number of hydrogen-bond donors (Lipinski definition) is 6. The molecule has 0 aromatic carbocycles. The topological polar surface area (TPSA) is 192 Å². The summed E-state index contributed by atoms with van der Waals surface area (Å²) in [6, 6.07) is 0. The molecule has 1 saturated carbocycles. The number of hydrogen-bond acceptors (Lipinski definition) is 11. The number of ether oxygens (including phenoxy) is 2. The van der Waals surface area contributed by atoms with E-state index in [1.165, 1.54) is 25.7 Å². The molecule has 332 valence electrons. The van der Waals surface area contributed by atoms with Crippen LogP contribution in [0.15, 0.2) is 85.1 Å². The fraction of sp³-hybridized carbons (Fsp3) is 0.667. The summed E-state index contributed by atoms with van der Waals surface area (Å²) < 4.78 is 33.9. The summed E-state index contributed by atoms with van der Waals surface area (Å²) in [5, 5.41) is 50.0. The first-order valence-electron chi connectivity index (χ1n) is 21.4. The van der Waals surface area contributed by atoms with Gasteiger partial charge in [-0.25, -0.2) is 4.57 Å². The van der Waals surface area contributed by atoms with Crippen LogP contribution in [0.3, 0.4) is 0 Å². The number of aliphatic hydroxyl groups is 5. The second kappa shape index (κ2) is 35.3. The number of esters is 1. The molecule has 1 aliphatic carbocycles. The molecule has 0 heterocycles. The predicted molar refractivity (Wildman–Crippen MR) is 230 cm³/mol. The van der Waals surface area contributed by atoms with E-state index in [0.717, 1.165) is 70.6 Å². The maximum absolute atomic E-state index is 12.7. The Kier molecular flexibility index (Phi) is 32.6. The van der Waals surface area contributed by atoms with Crippen molar-refractivity contribution in [3.63, 3.8) is 0 Å². The highest BCUT2D eigenvalue weighted by atomic mass is 31.2. The molecule has 6 atom stereocenters. The molecule has 1 fully saturated rings. The largest absolute Gasteiger partial charge is 0.472 e. The summed E-state index contributed by atoms with van der Waals surface area (Å²) in [6.45, 7) is 4.01. The van der Waals surface area contributed by atoms with Crippen LogP contribution in [0.4, 0.5) is 0 Å². The van der Waals surface area contributed by atoms with Gasteiger partial charge in [-0.3, -0.25) is 13.8 Å². The molecule has 13 heteroatoms. The number of carbonyl (C=O) groups is 1. The van der Waals surface area contributed by atoms with Crippen molar-refractivity contribution in [1.29, 1.82) is 0 Å². The van der Waals surface area contributed by atoms with Gasteiger partial charge in [0.15, 0.2) is 0 Å².